The summed E-state index contributed by atoms with van der Waals surface area (Å²) in [5, 5.41) is 11.3. The maximum absolute atomic E-state index is 13.3. The number of Topliss-reactive ketones (excluding diaryl/α,β-unsaturated/α-hetero) is 1. The first kappa shape index (κ1) is 27.5. The van der Waals surface area contributed by atoms with Gasteiger partial charge in [0.15, 0.2) is 0 Å². The lowest BCUT2D eigenvalue weighted by atomic mass is 9.95. The van der Waals surface area contributed by atoms with E-state index < -0.39 is 17.7 Å². The molecule has 0 bridgehead atoms. The smallest absolute Gasteiger partial charge is 0.295 e. The molecule has 0 spiro atoms. The minimum Gasteiger partial charge on any atom is -0.507 e. The number of aliphatic hydroxyl groups is 1. The highest BCUT2D eigenvalue weighted by molar-refractivity contribution is 6.46. The van der Waals surface area contributed by atoms with E-state index in [0.717, 1.165) is 43.6 Å². The number of aliphatic hydroxyl groups excluding tert-OH is 1. The molecule has 194 valence electrons. The first-order valence-electron chi connectivity index (χ1n) is 13.1. The van der Waals surface area contributed by atoms with Gasteiger partial charge in [-0.1, -0.05) is 69.7 Å². The summed E-state index contributed by atoms with van der Waals surface area (Å²) in [4.78, 5) is 30.4. The molecule has 0 aromatic heterocycles. The fourth-order valence-electron chi connectivity index (χ4n) is 4.52. The lowest BCUT2D eigenvalue weighted by molar-refractivity contribution is -0.140. The molecule has 1 aliphatic heterocycles. The molecule has 1 aliphatic rings. The second kappa shape index (κ2) is 12.7. The van der Waals surface area contributed by atoms with Gasteiger partial charge in [0.2, 0.25) is 0 Å². The molecule has 1 amide bonds. The van der Waals surface area contributed by atoms with Crippen LogP contribution in [0.25, 0.3) is 5.76 Å². The third-order valence-corrected chi connectivity index (χ3v) is 6.77. The summed E-state index contributed by atoms with van der Waals surface area (Å²) >= 11 is 0. The second-order valence-corrected chi connectivity index (χ2v) is 9.84. The van der Waals surface area contributed by atoms with Crippen LogP contribution in [0.3, 0.4) is 0 Å². The summed E-state index contributed by atoms with van der Waals surface area (Å²) in [5.41, 5.74) is 2.46. The SMILES string of the molecule is CCN(CC)CCCN1C(=O)C(=O)/C(=C(/O)c2ccc(C)cc2)C1c1cccc(OCCC(C)C)c1. The number of hydrogen-bond acceptors (Lipinski definition) is 5. The van der Waals surface area contributed by atoms with Crippen LogP contribution in [0, 0.1) is 12.8 Å². The van der Waals surface area contributed by atoms with Gasteiger partial charge in [-0.2, -0.15) is 0 Å². The molecule has 1 heterocycles. The Labute approximate surface area is 215 Å². The largest absolute Gasteiger partial charge is 0.507 e. The Morgan fingerprint density at radius 3 is 2.42 bits per heavy atom. The maximum Gasteiger partial charge on any atom is 0.295 e. The molecule has 0 radical (unpaired) electrons. The first-order chi connectivity index (χ1) is 17.3. The molecule has 1 atom stereocenters. The van der Waals surface area contributed by atoms with E-state index in [2.05, 4.69) is 32.6 Å². The minimum atomic E-state index is -0.670. The summed E-state index contributed by atoms with van der Waals surface area (Å²) < 4.78 is 5.97. The van der Waals surface area contributed by atoms with Crippen LogP contribution in [0.4, 0.5) is 0 Å². The number of carbonyl (C=O) groups is 2. The fraction of sp³-hybridized carbons (Fsp3) is 0.467. The monoisotopic (exact) mass is 492 g/mol. The third-order valence-electron chi connectivity index (χ3n) is 6.77. The van der Waals surface area contributed by atoms with E-state index in [1.165, 1.54) is 0 Å². The zero-order valence-corrected chi connectivity index (χ0v) is 22.3. The topological polar surface area (TPSA) is 70.1 Å². The van der Waals surface area contributed by atoms with Crippen molar-refractivity contribution < 1.29 is 19.4 Å². The van der Waals surface area contributed by atoms with Crippen molar-refractivity contribution in [2.24, 2.45) is 5.92 Å². The molecule has 0 aliphatic carbocycles. The second-order valence-electron chi connectivity index (χ2n) is 9.84. The zero-order chi connectivity index (χ0) is 26.2. The Morgan fingerprint density at radius 1 is 1.08 bits per heavy atom. The van der Waals surface area contributed by atoms with Crippen LogP contribution in [0.2, 0.25) is 0 Å². The molecule has 2 aromatic rings. The molecule has 2 aromatic carbocycles. The standard InChI is InChI=1S/C30H40N2O4/c1-6-31(7-2)17-9-18-32-27(24-10-8-11-25(20-24)36-19-16-21(3)4)26(29(34)30(32)35)28(33)23-14-12-22(5)13-15-23/h8,10-15,20-21,27,33H,6-7,9,16-19H2,1-5H3/b28-26+. The quantitative estimate of drug-likeness (QED) is 0.238. The summed E-state index contributed by atoms with van der Waals surface area (Å²) in [5.74, 6) is -0.139. The zero-order valence-electron chi connectivity index (χ0n) is 22.3. The Bertz CT molecular complexity index is 1070. The van der Waals surface area contributed by atoms with Crippen molar-refractivity contribution in [3.8, 4) is 5.75 Å². The van der Waals surface area contributed by atoms with Gasteiger partial charge in [-0.05, 0) is 63.0 Å². The van der Waals surface area contributed by atoms with E-state index in [1.807, 2.05) is 43.3 Å². The number of rotatable bonds is 12. The average Bonchev–Trinajstić information content (AvgIpc) is 3.11. The molecular weight excluding hydrogens is 452 g/mol. The van der Waals surface area contributed by atoms with Crippen LogP contribution in [-0.4, -0.2) is 59.4 Å². The summed E-state index contributed by atoms with van der Waals surface area (Å²) in [6.07, 6.45) is 1.67. The van der Waals surface area contributed by atoms with Gasteiger partial charge in [0.05, 0.1) is 18.2 Å². The van der Waals surface area contributed by atoms with E-state index in [1.54, 1.807) is 17.0 Å². The molecule has 1 N–H and O–H groups in total. The van der Waals surface area contributed by atoms with Crippen molar-refractivity contribution >= 4 is 17.4 Å². The van der Waals surface area contributed by atoms with E-state index >= 15 is 0 Å². The Balaban J connectivity index is 1.99. The third kappa shape index (κ3) is 6.55. The van der Waals surface area contributed by atoms with E-state index in [9.17, 15) is 14.7 Å². The molecule has 6 nitrogen and oxygen atoms in total. The van der Waals surface area contributed by atoms with Crippen molar-refractivity contribution in [2.45, 2.75) is 53.5 Å². The van der Waals surface area contributed by atoms with Crippen molar-refractivity contribution in [3.05, 3.63) is 70.8 Å². The minimum absolute atomic E-state index is 0.131. The first-order valence-corrected chi connectivity index (χ1v) is 13.1. The highest BCUT2D eigenvalue weighted by atomic mass is 16.5. The van der Waals surface area contributed by atoms with E-state index in [-0.39, 0.29) is 11.3 Å². The number of likely N-dealkylation sites (tertiary alicyclic amines) is 1. The molecule has 1 unspecified atom stereocenters. The molecule has 6 heteroatoms. The van der Waals surface area contributed by atoms with Crippen LogP contribution in [-0.2, 0) is 9.59 Å². The number of benzene rings is 2. The van der Waals surface area contributed by atoms with Crippen LogP contribution in [0.1, 0.15) is 63.3 Å². The van der Waals surface area contributed by atoms with Gasteiger partial charge in [-0.3, -0.25) is 9.59 Å². The molecule has 1 fully saturated rings. The Hall–Kier alpha value is -3.12. The fourth-order valence-corrected chi connectivity index (χ4v) is 4.52. The van der Waals surface area contributed by atoms with Gasteiger partial charge in [0.25, 0.3) is 11.7 Å². The summed E-state index contributed by atoms with van der Waals surface area (Å²) in [6, 6.07) is 14.2. The van der Waals surface area contributed by atoms with Crippen LogP contribution in [0.5, 0.6) is 5.75 Å². The van der Waals surface area contributed by atoms with Gasteiger partial charge in [0, 0.05) is 12.1 Å². The number of carbonyl (C=O) groups excluding carboxylic acids is 2. The van der Waals surface area contributed by atoms with Crippen LogP contribution in [0.15, 0.2) is 54.1 Å². The van der Waals surface area contributed by atoms with Gasteiger partial charge >= 0.3 is 0 Å². The van der Waals surface area contributed by atoms with E-state index in [4.69, 9.17) is 4.74 Å². The molecule has 3 rings (SSSR count). The number of amides is 1. The van der Waals surface area contributed by atoms with Crippen molar-refractivity contribution in [1.29, 1.82) is 0 Å². The normalized spacial score (nSPS) is 17.4. The predicted molar refractivity (Wildman–Crippen MR) is 144 cm³/mol. The number of nitrogens with zero attached hydrogens (tertiary/aromatic N) is 2. The van der Waals surface area contributed by atoms with Gasteiger partial charge in [-0.25, -0.2) is 0 Å². The number of ether oxygens (including phenoxy) is 1. The lowest BCUT2D eigenvalue weighted by Crippen LogP contribution is -2.33. The average molecular weight is 493 g/mol. The van der Waals surface area contributed by atoms with Gasteiger partial charge < -0.3 is 19.6 Å². The van der Waals surface area contributed by atoms with Crippen molar-refractivity contribution in [2.75, 3.05) is 32.8 Å². The lowest BCUT2D eigenvalue weighted by Gasteiger charge is -2.27. The van der Waals surface area contributed by atoms with Crippen molar-refractivity contribution in [1.82, 2.24) is 9.80 Å². The summed E-state index contributed by atoms with van der Waals surface area (Å²) in [7, 11) is 0. The van der Waals surface area contributed by atoms with Crippen molar-refractivity contribution in [3.63, 3.8) is 0 Å². The van der Waals surface area contributed by atoms with Crippen LogP contribution < -0.4 is 4.74 Å². The number of aryl methyl sites for hydroxylation is 1. The predicted octanol–water partition coefficient (Wildman–Crippen LogP) is 5.57. The Morgan fingerprint density at radius 2 is 1.78 bits per heavy atom. The van der Waals surface area contributed by atoms with Crippen LogP contribution >= 0.6 is 0 Å². The van der Waals surface area contributed by atoms with Gasteiger partial charge in [-0.15, -0.1) is 0 Å². The highest BCUT2D eigenvalue weighted by Gasteiger charge is 2.45. The Kier molecular flexibility index (Phi) is 9.71. The molecule has 1 saturated heterocycles. The number of ketones is 1. The maximum atomic E-state index is 13.3. The number of hydrogen-bond donors (Lipinski definition) is 1. The van der Waals surface area contributed by atoms with Gasteiger partial charge in [0.1, 0.15) is 11.5 Å². The molecular formula is C30H40N2O4. The molecule has 36 heavy (non-hydrogen) atoms. The molecule has 0 saturated carbocycles. The van der Waals surface area contributed by atoms with E-state index in [0.29, 0.717) is 30.4 Å². The summed E-state index contributed by atoms with van der Waals surface area (Å²) in [6.45, 7) is 14.2. The highest BCUT2D eigenvalue weighted by Crippen LogP contribution is 2.40.